The summed E-state index contributed by atoms with van der Waals surface area (Å²) >= 11 is 0. The zero-order chi connectivity index (χ0) is 10.4. The Labute approximate surface area is 83.5 Å². The normalized spacial score (nSPS) is 16.5. The van der Waals surface area contributed by atoms with Gasteiger partial charge in [-0.05, 0) is 0 Å². The Hall–Kier alpha value is -1.07. The molecular formula is C9H16N2O3. The van der Waals surface area contributed by atoms with Crippen molar-refractivity contribution in [2.75, 3.05) is 27.3 Å². The zero-order valence-corrected chi connectivity index (χ0v) is 8.50. The molecule has 0 fully saturated rings. The molecule has 80 valence electrons. The second-order valence-electron chi connectivity index (χ2n) is 2.99. The lowest BCUT2D eigenvalue weighted by Crippen LogP contribution is -2.35. The fourth-order valence-corrected chi connectivity index (χ4v) is 1.22. The van der Waals surface area contributed by atoms with Gasteiger partial charge < -0.3 is 20.1 Å². The molecule has 0 spiro atoms. The fraction of sp³-hybridized carbons (Fsp3) is 0.667. The van der Waals surface area contributed by atoms with E-state index in [9.17, 15) is 4.79 Å². The molecular weight excluding hydrogens is 184 g/mol. The minimum Gasteiger partial charge on any atom is -0.383 e. The lowest BCUT2D eigenvalue weighted by molar-refractivity contribution is -0.117. The molecule has 0 saturated heterocycles. The summed E-state index contributed by atoms with van der Waals surface area (Å²) in [6, 6.07) is 0. The van der Waals surface area contributed by atoms with Crippen LogP contribution in [0.2, 0.25) is 0 Å². The van der Waals surface area contributed by atoms with E-state index in [4.69, 9.17) is 9.47 Å². The van der Waals surface area contributed by atoms with Crippen molar-refractivity contribution in [3.63, 3.8) is 0 Å². The molecule has 0 unspecified atom stereocenters. The van der Waals surface area contributed by atoms with Gasteiger partial charge in [-0.1, -0.05) is 0 Å². The average molecular weight is 200 g/mol. The molecule has 0 aromatic heterocycles. The molecule has 2 N–H and O–H groups in total. The molecule has 1 amide bonds. The van der Waals surface area contributed by atoms with Crippen LogP contribution in [-0.2, 0) is 14.3 Å². The molecule has 0 saturated carbocycles. The minimum atomic E-state index is -0.277. The lowest BCUT2D eigenvalue weighted by atomic mass is 10.2. The Morgan fingerprint density at radius 2 is 2.29 bits per heavy atom. The largest absolute Gasteiger partial charge is 0.383 e. The Kier molecular flexibility index (Phi) is 4.42. The molecule has 1 aliphatic heterocycles. The highest BCUT2D eigenvalue weighted by atomic mass is 16.7. The van der Waals surface area contributed by atoms with Crippen LogP contribution in [0, 0.1) is 0 Å². The fourth-order valence-electron chi connectivity index (χ4n) is 1.22. The summed E-state index contributed by atoms with van der Waals surface area (Å²) in [6.07, 6.45) is 2.11. The number of ether oxygens (including phenoxy) is 2. The lowest BCUT2D eigenvalue weighted by Gasteiger charge is -2.19. The second kappa shape index (κ2) is 5.62. The SMILES string of the molecule is COC(CNC1=CC(=O)NCC1)OC. The number of nitrogens with one attached hydrogen (secondary N) is 2. The van der Waals surface area contributed by atoms with Gasteiger partial charge in [-0.15, -0.1) is 0 Å². The third kappa shape index (κ3) is 3.35. The molecule has 0 aromatic carbocycles. The topological polar surface area (TPSA) is 59.6 Å². The Bertz CT molecular complexity index is 224. The van der Waals surface area contributed by atoms with Crippen molar-refractivity contribution >= 4 is 5.91 Å². The van der Waals surface area contributed by atoms with Gasteiger partial charge in [0.25, 0.3) is 0 Å². The number of amides is 1. The van der Waals surface area contributed by atoms with Gasteiger partial charge >= 0.3 is 0 Å². The van der Waals surface area contributed by atoms with Crippen LogP contribution >= 0.6 is 0 Å². The molecule has 0 aromatic rings. The summed E-state index contributed by atoms with van der Waals surface area (Å²) in [7, 11) is 3.16. The smallest absolute Gasteiger partial charge is 0.245 e. The van der Waals surface area contributed by atoms with E-state index in [-0.39, 0.29) is 12.2 Å². The number of carbonyl (C=O) groups is 1. The summed E-state index contributed by atoms with van der Waals surface area (Å²) in [5.74, 6) is -0.0508. The van der Waals surface area contributed by atoms with Crippen molar-refractivity contribution in [2.45, 2.75) is 12.7 Å². The minimum absolute atomic E-state index is 0.0508. The van der Waals surface area contributed by atoms with Crippen molar-refractivity contribution in [3.05, 3.63) is 11.8 Å². The van der Waals surface area contributed by atoms with Gasteiger partial charge in [0, 0.05) is 39.0 Å². The molecule has 0 aliphatic carbocycles. The Morgan fingerprint density at radius 1 is 1.57 bits per heavy atom. The van der Waals surface area contributed by atoms with Crippen LogP contribution in [-0.4, -0.2) is 39.5 Å². The third-order valence-electron chi connectivity index (χ3n) is 2.02. The van der Waals surface area contributed by atoms with Crippen LogP contribution in [0.25, 0.3) is 0 Å². The van der Waals surface area contributed by atoms with Gasteiger partial charge in [0.05, 0.1) is 6.54 Å². The summed E-state index contributed by atoms with van der Waals surface area (Å²) in [4.78, 5) is 11.0. The maximum absolute atomic E-state index is 11.0. The first-order valence-corrected chi connectivity index (χ1v) is 4.54. The molecule has 1 aliphatic rings. The molecule has 0 atom stereocenters. The Morgan fingerprint density at radius 3 is 2.86 bits per heavy atom. The van der Waals surface area contributed by atoms with E-state index in [1.165, 1.54) is 0 Å². The number of carbonyl (C=O) groups excluding carboxylic acids is 1. The number of methoxy groups -OCH3 is 2. The van der Waals surface area contributed by atoms with E-state index < -0.39 is 0 Å². The summed E-state index contributed by atoms with van der Waals surface area (Å²) in [5.41, 5.74) is 0.924. The van der Waals surface area contributed by atoms with E-state index in [0.29, 0.717) is 13.1 Å². The van der Waals surface area contributed by atoms with Crippen molar-refractivity contribution in [1.29, 1.82) is 0 Å². The molecule has 0 bridgehead atoms. The van der Waals surface area contributed by atoms with Crippen LogP contribution in [0.3, 0.4) is 0 Å². The van der Waals surface area contributed by atoms with Crippen molar-refractivity contribution in [2.24, 2.45) is 0 Å². The van der Waals surface area contributed by atoms with Crippen molar-refractivity contribution in [3.8, 4) is 0 Å². The van der Waals surface area contributed by atoms with Crippen LogP contribution in [0.1, 0.15) is 6.42 Å². The quantitative estimate of drug-likeness (QED) is 0.593. The Balaban J connectivity index is 2.33. The monoisotopic (exact) mass is 200 g/mol. The highest BCUT2D eigenvalue weighted by Crippen LogP contribution is 2.01. The first-order chi connectivity index (χ1) is 6.76. The van der Waals surface area contributed by atoms with E-state index in [1.807, 2.05) is 0 Å². The molecule has 14 heavy (non-hydrogen) atoms. The van der Waals surface area contributed by atoms with Gasteiger partial charge in [0.2, 0.25) is 5.91 Å². The molecule has 0 radical (unpaired) electrons. The van der Waals surface area contributed by atoms with Gasteiger partial charge in [-0.25, -0.2) is 0 Å². The van der Waals surface area contributed by atoms with E-state index in [2.05, 4.69) is 10.6 Å². The standard InChI is InChI=1S/C9H16N2O3/c1-13-9(14-2)6-11-7-3-4-10-8(12)5-7/h5,9,11H,3-4,6H2,1-2H3,(H,10,12). The molecule has 1 rings (SSSR count). The molecule has 5 heteroatoms. The number of rotatable bonds is 5. The van der Waals surface area contributed by atoms with Gasteiger partial charge in [0.1, 0.15) is 0 Å². The number of hydrogen-bond donors (Lipinski definition) is 2. The van der Waals surface area contributed by atoms with Crippen molar-refractivity contribution < 1.29 is 14.3 Å². The third-order valence-corrected chi connectivity index (χ3v) is 2.02. The first kappa shape index (κ1) is 11.0. The second-order valence-corrected chi connectivity index (χ2v) is 2.99. The van der Waals surface area contributed by atoms with Gasteiger partial charge in [-0.2, -0.15) is 0 Å². The summed E-state index contributed by atoms with van der Waals surface area (Å²) in [6.45, 7) is 1.23. The first-order valence-electron chi connectivity index (χ1n) is 4.54. The molecule has 1 heterocycles. The average Bonchev–Trinajstić information content (AvgIpc) is 2.19. The predicted molar refractivity (Wildman–Crippen MR) is 51.5 cm³/mol. The predicted octanol–water partition coefficient (Wildman–Crippen LogP) is -0.401. The highest BCUT2D eigenvalue weighted by molar-refractivity contribution is 5.88. The maximum atomic E-state index is 11.0. The van der Waals surface area contributed by atoms with Gasteiger partial charge in [0.15, 0.2) is 6.29 Å². The van der Waals surface area contributed by atoms with Gasteiger partial charge in [-0.3, -0.25) is 4.79 Å². The number of hydrogen-bond acceptors (Lipinski definition) is 4. The summed E-state index contributed by atoms with van der Waals surface area (Å²) in [5, 5.41) is 5.81. The van der Waals surface area contributed by atoms with E-state index >= 15 is 0 Å². The maximum Gasteiger partial charge on any atom is 0.245 e. The van der Waals surface area contributed by atoms with E-state index in [1.54, 1.807) is 20.3 Å². The van der Waals surface area contributed by atoms with Crippen LogP contribution in [0.5, 0.6) is 0 Å². The summed E-state index contributed by atoms with van der Waals surface area (Å²) < 4.78 is 10.0. The zero-order valence-electron chi connectivity index (χ0n) is 8.50. The highest BCUT2D eigenvalue weighted by Gasteiger charge is 2.10. The van der Waals surface area contributed by atoms with Crippen LogP contribution < -0.4 is 10.6 Å². The van der Waals surface area contributed by atoms with Crippen LogP contribution in [0.4, 0.5) is 0 Å². The van der Waals surface area contributed by atoms with E-state index in [0.717, 1.165) is 12.1 Å². The van der Waals surface area contributed by atoms with Crippen LogP contribution in [0.15, 0.2) is 11.8 Å². The van der Waals surface area contributed by atoms with Crippen molar-refractivity contribution in [1.82, 2.24) is 10.6 Å². The molecule has 5 nitrogen and oxygen atoms in total.